The minimum absolute atomic E-state index is 0.176. The second kappa shape index (κ2) is 11.9. The molecule has 0 unspecified atom stereocenters. The van der Waals surface area contributed by atoms with Gasteiger partial charge < -0.3 is 9.47 Å². The molecule has 0 atom stereocenters. The van der Waals surface area contributed by atoms with E-state index in [1.807, 2.05) is 24.3 Å². The van der Waals surface area contributed by atoms with Crippen LogP contribution in [0.4, 0.5) is 16.2 Å². The van der Waals surface area contributed by atoms with Gasteiger partial charge in [-0.1, -0.05) is 64.5 Å². The van der Waals surface area contributed by atoms with Gasteiger partial charge in [0.05, 0.1) is 23.0 Å². The summed E-state index contributed by atoms with van der Waals surface area (Å²) in [6.45, 7) is 0.305. The third kappa shape index (κ3) is 5.57. The summed E-state index contributed by atoms with van der Waals surface area (Å²) in [6.07, 6.45) is 1.45. The number of urea groups is 1. The van der Waals surface area contributed by atoms with Crippen molar-refractivity contribution < 1.29 is 23.9 Å². The smallest absolute Gasteiger partial charge is 0.343 e. The van der Waals surface area contributed by atoms with Crippen molar-refractivity contribution in [1.82, 2.24) is 0 Å². The molecule has 1 saturated heterocycles. The van der Waals surface area contributed by atoms with Gasteiger partial charge in [-0.25, -0.2) is 14.6 Å². The van der Waals surface area contributed by atoms with Gasteiger partial charge in [0.15, 0.2) is 11.5 Å². The molecule has 0 spiro atoms. The van der Waals surface area contributed by atoms with E-state index in [1.54, 1.807) is 72.8 Å². The third-order valence-corrected chi connectivity index (χ3v) is 7.26. The highest BCUT2D eigenvalue weighted by molar-refractivity contribution is 9.10. The zero-order chi connectivity index (χ0) is 28.2. The Balaban J connectivity index is 1.53. The first-order valence-electron chi connectivity index (χ1n) is 12.2. The maximum Gasteiger partial charge on any atom is 0.343 e. The average Bonchev–Trinajstić information content (AvgIpc) is 2.96. The van der Waals surface area contributed by atoms with Gasteiger partial charge >= 0.3 is 6.03 Å². The van der Waals surface area contributed by atoms with E-state index >= 15 is 0 Å². The highest BCUT2D eigenvalue weighted by Gasteiger charge is 2.43. The van der Waals surface area contributed by atoms with Crippen molar-refractivity contribution in [2.24, 2.45) is 0 Å². The summed E-state index contributed by atoms with van der Waals surface area (Å²) >= 11 is 6.96. The van der Waals surface area contributed by atoms with Gasteiger partial charge in [0.1, 0.15) is 12.2 Å². The maximum absolute atomic E-state index is 13.6. The molecule has 1 heterocycles. The number of nitrogens with zero attached hydrogens (tertiary/aromatic N) is 2. The Morgan fingerprint density at radius 1 is 0.750 bits per heavy atom. The van der Waals surface area contributed by atoms with Crippen molar-refractivity contribution in [3.8, 4) is 11.5 Å². The molecular formula is C31H22Br2N2O5. The van der Waals surface area contributed by atoms with Crippen LogP contribution in [0.3, 0.4) is 0 Å². The summed E-state index contributed by atoms with van der Waals surface area (Å²) in [5, 5.41) is 0. The van der Waals surface area contributed by atoms with Crippen LogP contribution in [0.2, 0.25) is 0 Å². The molecule has 0 N–H and O–H groups in total. The Kier molecular flexibility index (Phi) is 8.14. The molecule has 0 radical (unpaired) electrons. The Hall–Kier alpha value is -4.21. The fourth-order valence-corrected chi connectivity index (χ4v) is 5.04. The largest absolute Gasteiger partial charge is 0.493 e. The van der Waals surface area contributed by atoms with Crippen LogP contribution in [0.15, 0.2) is 112 Å². The van der Waals surface area contributed by atoms with Crippen LogP contribution >= 0.6 is 31.9 Å². The number of methoxy groups -OCH3 is 1. The number of benzene rings is 4. The second-order valence-electron chi connectivity index (χ2n) is 8.74. The topological polar surface area (TPSA) is 76.2 Å². The first-order valence-corrected chi connectivity index (χ1v) is 13.8. The highest BCUT2D eigenvalue weighted by Crippen LogP contribution is 2.38. The summed E-state index contributed by atoms with van der Waals surface area (Å²) < 4.78 is 13.2. The maximum atomic E-state index is 13.6. The zero-order valence-corrected chi connectivity index (χ0v) is 24.4. The van der Waals surface area contributed by atoms with E-state index in [0.717, 1.165) is 19.8 Å². The molecule has 4 amide bonds. The highest BCUT2D eigenvalue weighted by atomic mass is 79.9. The van der Waals surface area contributed by atoms with Crippen molar-refractivity contribution in [2.75, 3.05) is 16.9 Å². The van der Waals surface area contributed by atoms with E-state index in [2.05, 4.69) is 31.9 Å². The van der Waals surface area contributed by atoms with Crippen LogP contribution in [0.1, 0.15) is 11.1 Å². The molecular weight excluding hydrogens is 640 g/mol. The van der Waals surface area contributed by atoms with Gasteiger partial charge in [-0.15, -0.1) is 0 Å². The minimum atomic E-state index is -0.750. The number of para-hydroxylation sites is 2. The molecule has 1 fully saturated rings. The molecule has 5 rings (SSSR count). The van der Waals surface area contributed by atoms with Crippen molar-refractivity contribution in [2.45, 2.75) is 6.61 Å². The molecule has 1 aliphatic rings. The summed E-state index contributed by atoms with van der Waals surface area (Å²) in [7, 11) is 1.51. The van der Waals surface area contributed by atoms with Crippen LogP contribution < -0.4 is 19.3 Å². The molecule has 9 heteroatoms. The number of halogens is 2. The number of hydrogen-bond acceptors (Lipinski definition) is 5. The van der Waals surface area contributed by atoms with E-state index in [4.69, 9.17) is 9.47 Å². The van der Waals surface area contributed by atoms with Crippen LogP contribution in [-0.4, -0.2) is 25.0 Å². The zero-order valence-electron chi connectivity index (χ0n) is 21.2. The third-order valence-electron chi connectivity index (χ3n) is 6.14. The Morgan fingerprint density at radius 2 is 1.30 bits per heavy atom. The molecule has 0 aromatic heterocycles. The lowest BCUT2D eigenvalue weighted by Gasteiger charge is -2.34. The lowest BCUT2D eigenvalue weighted by Crippen LogP contribution is -2.57. The number of ether oxygens (including phenoxy) is 2. The lowest BCUT2D eigenvalue weighted by atomic mass is 10.0. The van der Waals surface area contributed by atoms with Gasteiger partial charge in [0.25, 0.3) is 11.8 Å². The molecule has 4 aromatic carbocycles. The van der Waals surface area contributed by atoms with E-state index in [0.29, 0.717) is 39.5 Å². The molecule has 7 nitrogen and oxygen atoms in total. The van der Waals surface area contributed by atoms with Gasteiger partial charge in [0.2, 0.25) is 0 Å². The molecule has 200 valence electrons. The number of hydrogen-bond donors (Lipinski definition) is 0. The molecule has 0 aliphatic carbocycles. The van der Waals surface area contributed by atoms with E-state index in [1.165, 1.54) is 13.2 Å². The fraction of sp³-hybridized carbons (Fsp3) is 0.0645. The molecule has 4 aromatic rings. The number of imide groups is 2. The van der Waals surface area contributed by atoms with E-state index in [-0.39, 0.29) is 5.57 Å². The van der Waals surface area contributed by atoms with Crippen molar-refractivity contribution in [3.63, 3.8) is 0 Å². The molecule has 1 aliphatic heterocycles. The Labute approximate surface area is 247 Å². The van der Waals surface area contributed by atoms with Gasteiger partial charge in [-0.2, -0.15) is 0 Å². The summed E-state index contributed by atoms with van der Waals surface area (Å²) in [5.41, 5.74) is 2.00. The number of anilines is 2. The number of rotatable bonds is 7. The van der Waals surface area contributed by atoms with Crippen LogP contribution in [0, 0.1) is 0 Å². The number of carbonyl (C=O) groups excluding carboxylic acids is 3. The monoisotopic (exact) mass is 660 g/mol. The minimum Gasteiger partial charge on any atom is -0.493 e. The normalized spacial score (nSPS) is 13.5. The lowest BCUT2D eigenvalue weighted by molar-refractivity contribution is -0.121. The number of amides is 4. The van der Waals surface area contributed by atoms with Crippen molar-refractivity contribution in [3.05, 3.63) is 123 Å². The predicted octanol–water partition coefficient (Wildman–Crippen LogP) is 7.38. The Morgan fingerprint density at radius 3 is 1.82 bits per heavy atom. The Bertz CT molecular complexity index is 1540. The molecule has 0 saturated carbocycles. The SMILES string of the molecule is COc1cc(C=C2C(=O)N(c3ccccc3)C(=O)N(c3ccccc3)C2=O)cc(Br)c1OCc1ccc(Br)cc1. The number of barbiturate groups is 1. The van der Waals surface area contributed by atoms with Gasteiger partial charge in [-0.3, -0.25) is 9.59 Å². The summed E-state index contributed by atoms with van der Waals surface area (Å²) in [5.74, 6) is -0.566. The van der Waals surface area contributed by atoms with E-state index in [9.17, 15) is 14.4 Å². The second-order valence-corrected chi connectivity index (χ2v) is 10.5. The average molecular weight is 662 g/mol. The fourth-order valence-electron chi connectivity index (χ4n) is 4.21. The van der Waals surface area contributed by atoms with Crippen molar-refractivity contribution >= 4 is 67.2 Å². The quantitative estimate of drug-likeness (QED) is 0.153. The first kappa shape index (κ1) is 27.4. The van der Waals surface area contributed by atoms with Crippen LogP contribution in [-0.2, 0) is 16.2 Å². The van der Waals surface area contributed by atoms with Crippen LogP contribution in [0.5, 0.6) is 11.5 Å². The standard InChI is InChI=1S/C31H22Br2N2O5/c1-39-27-18-21(17-26(33)28(27)40-19-20-12-14-22(32)15-13-20)16-25-29(36)34(23-8-4-2-5-9-23)31(38)35(30(25)37)24-10-6-3-7-11-24/h2-18H,19H2,1H3. The van der Waals surface area contributed by atoms with Crippen LogP contribution in [0.25, 0.3) is 6.08 Å². The van der Waals surface area contributed by atoms with Crippen molar-refractivity contribution in [1.29, 1.82) is 0 Å². The first-order chi connectivity index (χ1) is 19.4. The van der Waals surface area contributed by atoms with Gasteiger partial charge in [-0.05, 0) is 81.7 Å². The predicted molar refractivity (Wildman–Crippen MR) is 160 cm³/mol. The molecule has 40 heavy (non-hydrogen) atoms. The molecule has 0 bridgehead atoms. The summed E-state index contributed by atoms with van der Waals surface area (Å²) in [4.78, 5) is 42.8. The summed E-state index contributed by atoms with van der Waals surface area (Å²) in [6, 6.07) is 27.4. The number of carbonyl (C=O) groups is 3. The van der Waals surface area contributed by atoms with E-state index < -0.39 is 17.8 Å². The van der Waals surface area contributed by atoms with Gasteiger partial charge in [0, 0.05) is 4.47 Å².